The van der Waals surface area contributed by atoms with Gasteiger partial charge in [0.25, 0.3) is 0 Å². The third-order valence-electron chi connectivity index (χ3n) is 3.69. The van der Waals surface area contributed by atoms with E-state index >= 15 is 0 Å². The van der Waals surface area contributed by atoms with Gasteiger partial charge in [-0.2, -0.15) is 0 Å². The molecule has 0 aliphatic heterocycles. The number of carbonyl (C=O) groups excluding carboxylic acids is 1. The highest BCUT2D eigenvalue weighted by molar-refractivity contribution is 5.97. The molecule has 0 aliphatic rings. The summed E-state index contributed by atoms with van der Waals surface area (Å²) >= 11 is 0. The molecule has 1 amide bonds. The zero-order valence-electron chi connectivity index (χ0n) is 14.3. The molecule has 0 unspecified atom stereocenters. The van der Waals surface area contributed by atoms with Crippen LogP contribution in [0.3, 0.4) is 0 Å². The molecule has 0 heterocycles. The van der Waals surface area contributed by atoms with Gasteiger partial charge in [0.1, 0.15) is 0 Å². The molecule has 2 aromatic carbocycles. The summed E-state index contributed by atoms with van der Waals surface area (Å²) < 4.78 is 10.5. The maximum absolute atomic E-state index is 12.2. The van der Waals surface area contributed by atoms with Crippen molar-refractivity contribution < 1.29 is 14.3 Å². The molecule has 0 atom stereocenters. The highest BCUT2D eigenvalue weighted by Crippen LogP contribution is 2.28. The lowest BCUT2D eigenvalue weighted by Crippen LogP contribution is -2.26. The van der Waals surface area contributed by atoms with Gasteiger partial charge in [-0.25, -0.2) is 0 Å². The highest BCUT2D eigenvalue weighted by Gasteiger charge is 2.06. The Morgan fingerprint density at radius 2 is 1.75 bits per heavy atom. The normalized spacial score (nSPS) is 11.0. The number of ether oxygens (including phenoxy) is 2. The van der Waals surface area contributed by atoms with Crippen LogP contribution in [0.15, 0.2) is 54.1 Å². The third kappa shape index (κ3) is 4.88. The van der Waals surface area contributed by atoms with E-state index < -0.39 is 0 Å². The number of benzene rings is 2. The average Bonchev–Trinajstić information content (AvgIpc) is 2.62. The summed E-state index contributed by atoms with van der Waals surface area (Å²) in [5.41, 5.74) is 2.75. The van der Waals surface area contributed by atoms with E-state index in [0.29, 0.717) is 23.6 Å². The molecule has 0 fully saturated rings. The molecule has 1 N–H and O–H groups in total. The maximum atomic E-state index is 12.2. The number of nitrogens with one attached hydrogen (secondary N) is 1. The second kappa shape index (κ2) is 8.77. The number of amides is 1. The van der Waals surface area contributed by atoms with Crippen LogP contribution in [0.25, 0.3) is 6.08 Å². The van der Waals surface area contributed by atoms with Gasteiger partial charge in [0.2, 0.25) is 5.91 Å². The zero-order valence-corrected chi connectivity index (χ0v) is 14.3. The van der Waals surface area contributed by atoms with Crippen LogP contribution in [-0.4, -0.2) is 26.7 Å². The first-order valence-corrected chi connectivity index (χ1v) is 7.86. The number of hydrogen-bond acceptors (Lipinski definition) is 3. The SMILES string of the molecule is COc1ccc(/C=C(\C)C(=O)NCCc2ccccc2)cc1OC. The topological polar surface area (TPSA) is 47.6 Å². The largest absolute Gasteiger partial charge is 0.493 e. The van der Waals surface area contributed by atoms with E-state index in [-0.39, 0.29) is 5.91 Å². The average molecular weight is 325 g/mol. The number of hydrogen-bond donors (Lipinski definition) is 1. The fraction of sp³-hybridized carbons (Fsp3) is 0.250. The fourth-order valence-electron chi connectivity index (χ4n) is 2.36. The molecule has 0 saturated heterocycles. The molecule has 2 rings (SSSR count). The summed E-state index contributed by atoms with van der Waals surface area (Å²) in [5.74, 6) is 1.24. The van der Waals surface area contributed by atoms with Crippen molar-refractivity contribution >= 4 is 12.0 Å². The second-order valence-electron chi connectivity index (χ2n) is 5.43. The Hall–Kier alpha value is -2.75. The van der Waals surface area contributed by atoms with Crippen LogP contribution in [-0.2, 0) is 11.2 Å². The van der Waals surface area contributed by atoms with Crippen molar-refractivity contribution in [3.05, 3.63) is 65.2 Å². The minimum absolute atomic E-state index is 0.0688. The van der Waals surface area contributed by atoms with E-state index in [4.69, 9.17) is 9.47 Å². The van der Waals surface area contributed by atoms with Crippen LogP contribution in [0.1, 0.15) is 18.1 Å². The zero-order chi connectivity index (χ0) is 17.4. The molecule has 4 nitrogen and oxygen atoms in total. The Morgan fingerprint density at radius 3 is 2.42 bits per heavy atom. The lowest BCUT2D eigenvalue weighted by atomic mass is 10.1. The summed E-state index contributed by atoms with van der Waals surface area (Å²) in [4.78, 5) is 12.2. The van der Waals surface area contributed by atoms with Crippen molar-refractivity contribution in [2.75, 3.05) is 20.8 Å². The first-order valence-electron chi connectivity index (χ1n) is 7.86. The quantitative estimate of drug-likeness (QED) is 0.793. The summed E-state index contributed by atoms with van der Waals surface area (Å²) in [6.45, 7) is 2.41. The highest BCUT2D eigenvalue weighted by atomic mass is 16.5. The Kier molecular flexibility index (Phi) is 6.43. The first kappa shape index (κ1) is 17.6. The second-order valence-corrected chi connectivity index (χ2v) is 5.43. The first-order chi connectivity index (χ1) is 11.6. The van der Waals surface area contributed by atoms with Crippen molar-refractivity contribution in [2.24, 2.45) is 0 Å². The van der Waals surface area contributed by atoms with Gasteiger partial charge in [-0.15, -0.1) is 0 Å². The monoisotopic (exact) mass is 325 g/mol. The van der Waals surface area contributed by atoms with Crippen molar-refractivity contribution in [2.45, 2.75) is 13.3 Å². The third-order valence-corrected chi connectivity index (χ3v) is 3.69. The number of rotatable bonds is 7. The van der Waals surface area contributed by atoms with Crippen molar-refractivity contribution in [3.8, 4) is 11.5 Å². The molecule has 0 aliphatic carbocycles. The lowest BCUT2D eigenvalue weighted by Gasteiger charge is -2.09. The summed E-state index contributed by atoms with van der Waals surface area (Å²) in [6.07, 6.45) is 2.65. The van der Waals surface area contributed by atoms with Crippen molar-refractivity contribution in [1.82, 2.24) is 5.32 Å². The Bertz CT molecular complexity index is 708. The van der Waals surface area contributed by atoms with E-state index in [1.807, 2.05) is 42.5 Å². The maximum Gasteiger partial charge on any atom is 0.246 e. The molecular formula is C20H23NO3. The number of methoxy groups -OCH3 is 2. The molecule has 0 spiro atoms. The Morgan fingerprint density at radius 1 is 1.04 bits per heavy atom. The molecule has 2 aromatic rings. The van der Waals surface area contributed by atoms with Crippen LogP contribution in [0, 0.1) is 0 Å². The van der Waals surface area contributed by atoms with E-state index in [0.717, 1.165) is 12.0 Å². The molecule has 0 bridgehead atoms. The van der Waals surface area contributed by atoms with Gasteiger partial charge in [0, 0.05) is 12.1 Å². The molecule has 4 heteroatoms. The molecule has 0 radical (unpaired) electrons. The lowest BCUT2D eigenvalue weighted by molar-refractivity contribution is -0.117. The minimum atomic E-state index is -0.0688. The predicted molar refractivity (Wildman–Crippen MR) is 96.4 cm³/mol. The van der Waals surface area contributed by atoms with Crippen LogP contribution in [0.2, 0.25) is 0 Å². The van der Waals surface area contributed by atoms with Gasteiger partial charge < -0.3 is 14.8 Å². The molecule has 126 valence electrons. The molecule has 24 heavy (non-hydrogen) atoms. The van der Waals surface area contributed by atoms with E-state index in [1.54, 1.807) is 21.1 Å². The van der Waals surface area contributed by atoms with E-state index in [2.05, 4.69) is 17.4 Å². The Balaban J connectivity index is 1.95. The van der Waals surface area contributed by atoms with Crippen molar-refractivity contribution in [3.63, 3.8) is 0 Å². The minimum Gasteiger partial charge on any atom is -0.493 e. The van der Waals surface area contributed by atoms with Crippen molar-refractivity contribution in [1.29, 1.82) is 0 Å². The van der Waals surface area contributed by atoms with Gasteiger partial charge in [-0.3, -0.25) is 4.79 Å². The van der Waals surface area contributed by atoms with Gasteiger partial charge in [0.05, 0.1) is 14.2 Å². The van der Waals surface area contributed by atoms with Gasteiger partial charge >= 0.3 is 0 Å². The van der Waals surface area contributed by atoms with Gasteiger partial charge in [-0.05, 0) is 42.7 Å². The summed E-state index contributed by atoms with van der Waals surface area (Å²) in [5, 5.41) is 2.94. The standard InChI is InChI=1S/C20H23NO3/c1-15(13-17-9-10-18(23-2)19(14-17)24-3)20(22)21-12-11-16-7-5-4-6-8-16/h4-10,13-14H,11-12H2,1-3H3,(H,21,22)/b15-13+. The van der Waals surface area contributed by atoms with E-state index in [1.165, 1.54) is 5.56 Å². The molecular weight excluding hydrogens is 302 g/mol. The smallest absolute Gasteiger partial charge is 0.246 e. The van der Waals surface area contributed by atoms with Crippen LogP contribution in [0.4, 0.5) is 0 Å². The van der Waals surface area contributed by atoms with E-state index in [9.17, 15) is 4.79 Å². The van der Waals surface area contributed by atoms with Gasteiger partial charge in [-0.1, -0.05) is 36.4 Å². The van der Waals surface area contributed by atoms with Gasteiger partial charge in [0.15, 0.2) is 11.5 Å². The fourth-order valence-corrected chi connectivity index (χ4v) is 2.36. The van der Waals surface area contributed by atoms with Crippen LogP contribution in [0.5, 0.6) is 11.5 Å². The van der Waals surface area contributed by atoms with Crippen LogP contribution < -0.4 is 14.8 Å². The number of carbonyl (C=O) groups is 1. The molecule has 0 saturated carbocycles. The Labute approximate surface area is 143 Å². The van der Waals surface area contributed by atoms with Crippen LogP contribution >= 0.6 is 0 Å². The molecule has 0 aromatic heterocycles. The summed E-state index contributed by atoms with van der Waals surface area (Å²) in [6, 6.07) is 15.7. The summed E-state index contributed by atoms with van der Waals surface area (Å²) in [7, 11) is 3.19. The predicted octanol–water partition coefficient (Wildman–Crippen LogP) is 3.47.